The molecule has 3 aromatic rings. The zero-order chi connectivity index (χ0) is 27.0. The van der Waals surface area contributed by atoms with Gasteiger partial charge < -0.3 is 15.2 Å². The third kappa shape index (κ3) is 3.95. The van der Waals surface area contributed by atoms with Gasteiger partial charge in [0.2, 0.25) is 5.88 Å². The van der Waals surface area contributed by atoms with Crippen molar-refractivity contribution in [3.63, 3.8) is 0 Å². The molecule has 2 N–H and O–H groups in total. The standard InChI is InChI=1S/C29H26F4N2O3/c1-28(2)13-35-26(16-5-3-4-6-19(16)29(31,32)33)24-20(28)8-7-14(25(24)30)12-38-21-10-15-9-17-22(18(15)11-34-21)23(17)27(36)37/h3-8,10-11,17,22-23,26,35H,9,12-13H2,1-2H3,(H,36,37). The van der Waals surface area contributed by atoms with Crippen LogP contribution >= 0.6 is 0 Å². The van der Waals surface area contributed by atoms with Crippen molar-refractivity contribution in [2.75, 3.05) is 6.54 Å². The average Bonchev–Trinajstić information content (AvgIpc) is 3.46. The highest BCUT2D eigenvalue weighted by Gasteiger charge is 2.60. The average molecular weight is 527 g/mol. The van der Waals surface area contributed by atoms with Crippen LogP contribution in [0.1, 0.15) is 64.8 Å². The summed E-state index contributed by atoms with van der Waals surface area (Å²) in [7, 11) is 0. The number of fused-ring (bicyclic) bond motifs is 4. The normalized spacial score (nSPS) is 24.8. The number of carboxylic acids is 1. The first-order chi connectivity index (χ1) is 18.0. The predicted octanol–water partition coefficient (Wildman–Crippen LogP) is 5.76. The Morgan fingerprint density at radius 1 is 1.18 bits per heavy atom. The minimum atomic E-state index is -4.58. The van der Waals surface area contributed by atoms with Crippen molar-refractivity contribution in [2.45, 2.75) is 50.4 Å². The van der Waals surface area contributed by atoms with Crippen LogP contribution in [0.25, 0.3) is 0 Å². The van der Waals surface area contributed by atoms with Crippen molar-refractivity contribution in [1.82, 2.24) is 10.3 Å². The number of aromatic nitrogens is 1. The molecule has 38 heavy (non-hydrogen) atoms. The first kappa shape index (κ1) is 24.9. The first-order valence-electron chi connectivity index (χ1n) is 12.5. The van der Waals surface area contributed by atoms with Crippen LogP contribution in [0, 0.1) is 17.7 Å². The fourth-order valence-corrected chi connectivity index (χ4v) is 6.28. The van der Waals surface area contributed by atoms with E-state index in [1.54, 1.807) is 24.4 Å². The molecule has 2 aromatic carbocycles. The minimum Gasteiger partial charge on any atom is -0.481 e. The topological polar surface area (TPSA) is 71.5 Å². The van der Waals surface area contributed by atoms with E-state index in [0.717, 1.165) is 17.2 Å². The van der Waals surface area contributed by atoms with Gasteiger partial charge >= 0.3 is 12.1 Å². The fourth-order valence-electron chi connectivity index (χ4n) is 6.28. The van der Waals surface area contributed by atoms with E-state index in [0.29, 0.717) is 24.4 Å². The highest BCUT2D eigenvalue weighted by Crippen LogP contribution is 2.61. The van der Waals surface area contributed by atoms with Gasteiger partial charge in [0.25, 0.3) is 0 Å². The summed E-state index contributed by atoms with van der Waals surface area (Å²) in [5.41, 5.74) is 1.67. The molecule has 0 bridgehead atoms. The third-order valence-corrected chi connectivity index (χ3v) is 8.25. The maximum Gasteiger partial charge on any atom is 0.416 e. The minimum absolute atomic E-state index is 0.00509. The Hall–Kier alpha value is -3.46. The number of ether oxygens (including phenoxy) is 1. The lowest BCUT2D eigenvalue weighted by Gasteiger charge is -2.39. The van der Waals surface area contributed by atoms with Gasteiger partial charge in [-0.05, 0) is 40.7 Å². The van der Waals surface area contributed by atoms with Crippen molar-refractivity contribution < 1.29 is 32.2 Å². The zero-order valence-electron chi connectivity index (χ0n) is 20.8. The second-order valence-corrected chi connectivity index (χ2v) is 11.1. The van der Waals surface area contributed by atoms with Crippen LogP contribution < -0.4 is 10.1 Å². The van der Waals surface area contributed by atoms with Gasteiger partial charge in [-0.3, -0.25) is 4.79 Å². The van der Waals surface area contributed by atoms with E-state index in [4.69, 9.17) is 4.74 Å². The van der Waals surface area contributed by atoms with E-state index in [-0.39, 0.29) is 41.1 Å². The molecule has 1 aromatic heterocycles. The predicted molar refractivity (Wildman–Crippen MR) is 130 cm³/mol. The van der Waals surface area contributed by atoms with Crippen LogP contribution in [0.4, 0.5) is 17.6 Å². The number of benzene rings is 2. The molecule has 2 heterocycles. The van der Waals surface area contributed by atoms with Crippen LogP contribution in [-0.2, 0) is 29.4 Å². The Labute approximate surface area is 216 Å². The van der Waals surface area contributed by atoms with Crippen LogP contribution in [0.5, 0.6) is 5.88 Å². The highest BCUT2D eigenvalue weighted by atomic mass is 19.4. The largest absolute Gasteiger partial charge is 0.481 e. The number of carboxylic acid groups (broad SMARTS) is 1. The second kappa shape index (κ2) is 8.53. The van der Waals surface area contributed by atoms with Crippen molar-refractivity contribution in [3.8, 4) is 5.88 Å². The molecule has 0 spiro atoms. The highest BCUT2D eigenvalue weighted by molar-refractivity contribution is 5.77. The Morgan fingerprint density at radius 2 is 1.95 bits per heavy atom. The van der Waals surface area contributed by atoms with Gasteiger partial charge in [-0.15, -0.1) is 0 Å². The van der Waals surface area contributed by atoms with Gasteiger partial charge in [0.1, 0.15) is 12.4 Å². The fraction of sp³-hybridized carbons (Fsp3) is 0.379. The van der Waals surface area contributed by atoms with Crippen LogP contribution in [-0.4, -0.2) is 22.6 Å². The van der Waals surface area contributed by atoms with Crippen LogP contribution in [0.15, 0.2) is 48.7 Å². The molecular formula is C29H26F4N2O3. The molecule has 0 saturated heterocycles. The van der Waals surface area contributed by atoms with Gasteiger partial charge in [0, 0.05) is 41.3 Å². The van der Waals surface area contributed by atoms with Crippen molar-refractivity contribution in [2.24, 2.45) is 11.8 Å². The number of nitrogens with one attached hydrogen (secondary N) is 1. The van der Waals surface area contributed by atoms with Crippen molar-refractivity contribution in [1.29, 1.82) is 0 Å². The molecule has 2 aliphatic carbocycles. The Morgan fingerprint density at radius 3 is 2.68 bits per heavy atom. The summed E-state index contributed by atoms with van der Waals surface area (Å²) in [6, 6.07) is 9.45. The maximum absolute atomic E-state index is 16.1. The van der Waals surface area contributed by atoms with Gasteiger partial charge in [-0.2, -0.15) is 13.2 Å². The summed E-state index contributed by atoms with van der Waals surface area (Å²) in [4.78, 5) is 15.6. The molecule has 4 unspecified atom stereocenters. The van der Waals surface area contributed by atoms with E-state index < -0.39 is 35.0 Å². The second-order valence-electron chi connectivity index (χ2n) is 11.1. The van der Waals surface area contributed by atoms with Crippen LogP contribution in [0.2, 0.25) is 0 Å². The number of alkyl halides is 3. The lowest BCUT2D eigenvalue weighted by atomic mass is 9.74. The van der Waals surface area contributed by atoms with E-state index >= 15 is 4.39 Å². The van der Waals surface area contributed by atoms with Crippen molar-refractivity contribution in [3.05, 3.63) is 93.4 Å². The maximum atomic E-state index is 16.1. The SMILES string of the molecule is CC1(C)CNC(c2ccccc2C(F)(F)F)c2c1ccc(COc1cc3c(cn1)C1C(C3)C1C(=O)O)c2F. The molecule has 5 nitrogen and oxygen atoms in total. The summed E-state index contributed by atoms with van der Waals surface area (Å²) in [5.74, 6) is -1.36. The number of carbonyl (C=O) groups is 1. The molecule has 0 amide bonds. The molecular weight excluding hydrogens is 500 g/mol. The molecule has 1 saturated carbocycles. The van der Waals surface area contributed by atoms with Gasteiger partial charge in [-0.25, -0.2) is 9.37 Å². The van der Waals surface area contributed by atoms with E-state index in [1.165, 1.54) is 18.2 Å². The molecule has 198 valence electrons. The zero-order valence-corrected chi connectivity index (χ0v) is 20.8. The molecule has 6 rings (SSSR count). The molecule has 1 aliphatic heterocycles. The molecule has 1 fully saturated rings. The number of nitrogens with zero attached hydrogens (tertiary/aromatic N) is 1. The molecule has 0 radical (unpaired) electrons. The lowest BCUT2D eigenvalue weighted by molar-refractivity contribution is -0.139. The first-order valence-corrected chi connectivity index (χ1v) is 12.5. The summed E-state index contributed by atoms with van der Waals surface area (Å²) in [6.45, 7) is 4.09. The number of hydrogen-bond acceptors (Lipinski definition) is 4. The molecule has 3 aliphatic rings. The summed E-state index contributed by atoms with van der Waals surface area (Å²) in [5, 5.41) is 12.4. The number of halogens is 4. The van der Waals surface area contributed by atoms with Crippen LogP contribution in [0.3, 0.4) is 0 Å². The van der Waals surface area contributed by atoms with E-state index in [1.807, 2.05) is 13.8 Å². The smallest absolute Gasteiger partial charge is 0.416 e. The van der Waals surface area contributed by atoms with Gasteiger partial charge in [0.15, 0.2) is 0 Å². The Kier molecular flexibility index (Phi) is 5.58. The molecule has 4 atom stereocenters. The van der Waals surface area contributed by atoms with Crippen molar-refractivity contribution >= 4 is 5.97 Å². The summed E-state index contributed by atoms with van der Waals surface area (Å²) in [6.07, 6.45) is -2.30. The number of aliphatic carboxylic acids is 1. The number of rotatable bonds is 5. The Bertz CT molecular complexity index is 1450. The van der Waals surface area contributed by atoms with E-state index in [2.05, 4.69) is 10.3 Å². The quantitative estimate of drug-likeness (QED) is 0.414. The van der Waals surface area contributed by atoms with Gasteiger partial charge in [-0.1, -0.05) is 44.2 Å². The number of hydrogen-bond donors (Lipinski definition) is 2. The number of pyridine rings is 1. The monoisotopic (exact) mass is 526 g/mol. The third-order valence-electron chi connectivity index (χ3n) is 8.25. The van der Waals surface area contributed by atoms with E-state index in [9.17, 15) is 23.1 Å². The Balaban J connectivity index is 1.30. The van der Waals surface area contributed by atoms with Gasteiger partial charge in [0.05, 0.1) is 17.5 Å². The summed E-state index contributed by atoms with van der Waals surface area (Å²) >= 11 is 0. The lowest BCUT2D eigenvalue weighted by Crippen LogP contribution is -2.43. The summed E-state index contributed by atoms with van der Waals surface area (Å²) < 4.78 is 63.4. The molecule has 9 heteroatoms.